The van der Waals surface area contributed by atoms with Crippen molar-refractivity contribution in [2.75, 3.05) is 20.3 Å². The van der Waals surface area contributed by atoms with Crippen LogP contribution in [-0.2, 0) is 4.74 Å². The highest BCUT2D eigenvalue weighted by molar-refractivity contribution is 5.94. The van der Waals surface area contributed by atoms with Crippen molar-refractivity contribution >= 4 is 11.9 Å². The van der Waals surface area contributed by atoms with Crippen LogP contribution in [0.3, 0.4) is 0 Å². The molecule has 0 radical (unpaired) electrons. The van der Waals surface area contributed by atoms with Gasteiger partial charge in [-0.05, 0) is 36.4 Å². The summed E-state index contributed by atoms with van der Waals surface area (Å²) < 4.78 is 10.1. The van der Waals surface area contributed by atoms with E-state index >= 15 is 0 Å². The first kappa shape index (κ1) is 15.5. The van der Waals surface area contributed by atoms with Crippen molar-refractivity contribution in [3.63, 3.8) is 0 Å². The molecule has 0 bridgehead atoms. The smallest absolute Gasteiger partial charge is 0.339 e. The van der Waals surface area contributed by atoms with E-state index in [4.69, 9.17) is 9.47 Å². The summed E-state index contributed by atoms with van der Waals surface area (Å²) in [6.07, 6.45) is 3.00. The zero-order chi connectivity index (χ0) is 15.8. The van der Waals surface area contributed by atoms with Gasteiger partial charge in [0.25, 0.3) is 5.91 Å². The van der Waals surface area contributed by atoms with E-state index in [9.17, 15) is 9.59 Å². The molecule has 1 aromatic heterocycles. The highest BCUT2D eigenvalue weighted by atomic mass is 16.5. The minimum Gasteiger partial charge on any atom is -0.497 e. The second-order valence-corrected chi connectivity index (χ2v) is 4.36. The normalized spacial score (nSPS) is 9.86. The number of pyridine rings is 1. The molecule has 0 atom stereocenters. The molecule has 1 amide bonds. The predicted octanol–water partition coefficient (Wildman–Crippen LogP) is 1.68. The van der Waals surface area contributed by atoms with Crippen LogP contribution in [0.4, 0.5) is 0 Å². The number of amides is 1. The standard InChI is InChI=1S/C16H16N2O4/c1-21-14-6-4-12(5-7-14)15(19)18-9-10-22-16(20)13-3-2-8-17-11-13/h2-8,11H,9-10H2,1H3,(H,18,19). The topological polar surface area (TPSA) is 77.5 Å². The van der Waals surface area contributed by atoms with Crippen molar-refractivity contribution in [2.24, 2.45) is 0 Å². The third-order valence-electron chi connectivity index (χ3n) is 2.87. The Balaban J connectivity index is 1.74. The Morgan fingerprint density at radius 1 is 1.14 bits per heavy atom. The van der Waals surface area contributed by atoms with Crippen molar-refractivity contribution in [1.29, 1.82) is 0 Å². The highest BCUT2D eigenvalue weighted by Crippen LogP contribution is 2.10. The molecule has 2 rings (SSSR count). The quantitative estimate of drug-likeness (QED) is 0.648. The molecule has 6 heteroatoms. The van der Waals surface area contributed by atoms with Gasteiger partial charge in [-0.2, -0.15) is 0 Å². The van der Waals surface area contributed by atoms with Gasteiger partial charge in [-0.15, -0.1) is 0 Å². The summed E-state index contributed by atoms with van der Waals surface area (Å²) in [5, 5.41) is 2.67. The van der Waals surface area contributed by atoms with Crippen LogP contribution in [0.1, 0.15) is 20.7 Å². The minimum absolute atomic E-state index is 0.0929. The maximum atomic E-state index is 11.9. The molecule has 0 saturated heterocycles. The number of hydrogen-bond donors (Lipinski definition) is 1. The molecule has 1 heterocycles. The number of aromatic nitrogens is 1. The summed E-state index contributed by atoms with van der Waals surface area (Å²) in [7, 11) is 1.56. The molecular formula is C16H16N2O4. The molecule has 0 aliphatic heterocycles. The van der Waals surface area contributed by atoms with Crippen molar-refractivity contribution in [1.82, 2.24) is 10.3 Å². The second-order valence-electron chi connectivity index (χ2n) is 4.36. The molecular weight excluding hydrogens is 284 g/mol. The van der Waals surface area contributed by atoms with Gasteiger partial charge < -0.3 is 14.8 Å². The first-order chi connectivity index (χ1) is 10.7. The lowest BCUT2D eigenvalue weighted by Crippen LogP contribution is -2.28. The molecule has 0 aliphatic carbocycles. The third-order valence-corrected chi connectivity index (χ3v) is 2.87. The van der Waals surface area contributed by atoms with Gasteiger partial charge in [0.05, 0.1) is 19.2 Å². The fourth-order valence-corrected chi connectivity index (χ4v) is 1.72. The first-order valence-electron chi connectivity index (χ1n) is 6.70. The van der Waals surface area contributed by atoms with Crippen molar-refractivity contribution in [3.05, 3.63) is 59.9 Å². The molecule has 1 N–H and O–H groups in total. The van der Waals surface area contributed by atoms with Gasteiger partial charge >= 0.3 is 5.97 Å². The number of esters is 1. The SMILES string of the molecule is COc1ccc(C(=O)NCCOC(=O)c2cccnc2)cc1. The van der Waals surface area contributed by atoms with E-state index < -0.39 is 5.97 Å². The number of benzene rings is 1. The van der Waals surface area contributed by atoms with Crippen molar-refractivity contribution < 1.29 is 19.1 Å². The monoisotopic (exact) mass is 300 g/mol. The number of hydrogen-bond acceptors (Lipinski definition) is 5. The second kappa shape index (κ2) is 7.78. The van der Waals surface area contributed by atoms with Gasteiger partial charge in [0.1, 0.15) is 12.4 Å². The van der Waals surface area contributed by atoms with E-state index in [0.717, 1.165) is 0 Å². The molecule has 0 saturated carbocycles. The van der Waals surface area contributed by atoms with Crippen LogP contribution in [-0.4, -0.2) is 37.1 Å². The average molecular weight is 300 g/mol. The van der Waals surface area contributed by atoms with Gasteiger partial charge in [-0.25, -0.2) is 4.79 Å². The van der Waals surface area contributed by atoms with Gasteiger partial charge in [-0.3, -0.25) is 9.78 Å². The Labute approximate surface area is 128 Å². The molecule has 0 spiro atoms. The number of nitrogens with zero attached hydrogens (tertiary/aromatic N) is 1. The van der Waals surface area contributed by atoms with Crippen LogP contribution in [0.5, 0.6) is 5.75 Å². The largest absolute Gasteiger partial charge is 0.497 e. The highest BCUT2D eigenvalue weighted by Gasteiger charge is 2.08. The number of carbonyl (C=O) groups is 2. The molecule has 1 aromatic carbocycles. The van der Waals surface area contributed by atoms with E-state index in [1.54, 1.807) is 49.7 Å². The van der Waals surface area contributed by atoms with E-state index in [-0.39, 0.29) is 19.1 Å². The van der Waals surface area contributed by atoms with Crippen molar-refractivity contribution in [2.45, 2.75) is 0 Å². The molecule has 0 unspecified atom stereocenters. The van der Waals surface area contributed by atoms with Crippen LogP contribution >= 0.6 is 0 Å². The van der Waals surface area contributed by atoms with Crippen LogP contribution in [0.25, 0.3) is 0 Å². The number of methoxy groups -OCH3 is 1. The third kappa shape index (κ3) is 4.31. The number of nitrogens with one attached hydrogen (secondary N) is 1. The maximum absolute atomic E-state index is 11.9. The maximum Gasteiger partial charge on any atom is 0.339 e. The van der Waals surface area contributed by atoms with Crippen LogP contribution in [0.2, 0.25) is 0 Å². The lowest BCUT2D eigenvalue weighted by atomic mass is 10.2. The summed E-state index contributed by atoms with van der Waals surface area (Å²) in [5.41, 5.74) is 0.892. The van der Waals surface area contributed by atoms with Crippen LogP contribution in [0.15, 0.2) is 48.8 Å². The summed E-state index contributed by atoms with van der Waals surface area (Å²) >= 11 is 0. The van der Waals surface area contributed by atoms with E-state index in [2.05, 4.69) is 10.3 Å². The van der Waals surface area contributed by atoms with E-state index in [1.165, 1.54) is 6.20 Å². The summed E-state index contributed by atoms with van der Waals surface area (Å²) in [5.74, 6) is -0.0196. The summed E-state index contributed by atoms with van der Waals surface area (Å²) in [6.45, 7) is 0.326. The zero-order valence-electron chi connectivity index (χ0n) is 12.1. The van der Waals surface area contributed by atoms with Gasteiger partial charge in [-0.1, -0.05) is 0 Å². The van der Waals surface area contributed by atoms with Gasteiger partial charge in [0.15, 0.2) is 0 Å². The lowest BCUT2D eigenvalue weighted by Gasteiger charge is -2.07. The van der Waals surface area contributed by atoms with Gasteiger partial charge in [0, 0.05) is 18.0 Å². The first-order valence-corrected chi connectivity index (χ1v) is 6.70. The zero-order valence-corrected chi connectivity index (χ0v) is 12.1. The Kier molecular flexibility index (Phi) is 5.48. The fraction of sp³-hybridized carbons (Fsp3) is 0.188. The Morgan fingerprint density at radius 3 is 2.55 bits per heavy atom. The lowest BCUT2D eigenvalue weighted by molar-refractivity contribution is 0.0502. The predicted molar refractivity (Wildman–Crippen MR) is 79.8 cm³/mol. The Bertz CT molecular complexity index is 626. The summed E-state index contributed by atoms with van der Waals surface area (Å²) in [4.78, 5) is 27.3. The van der Waals surface area contributed by atoms with E-state index in [0.29, 0.717) is 16.9 Å². The van der Waals surface area contributed by atoms with Crippen LogP contribution < -0.4 is 10.1 Å². The molecule has 6 nitrogen and oxygen atoms in total. The van der Waals surface area contributed by atoms with E-state index in [1.807, 2.05) is 0 Å². The summed E-state index contributed by atoms with van der Waals surface area (Å²) in [6, 6.07) is 10.0. The molecule has 2 aromatic rings. The molecule has 22 heavy (non-hydrogen) atoms. The molecule has 114 valence electrons. The number of carbonyl (C=O) groups excluding carboxylic acids is 2. The van der Waals surface area contributed by atoms with Crippen molar-refractivity contribution in [3.8, 4) is 5.75 Å². The Morgan fingerprint density at radius 2 is 1.91 bits per heavy atom. The average Bonchev–Trinajstić information content (AvgIpc) is 2.59. The molecule has 0 fully saturated rings. The number of ether oxygens (including phenoxy) is 2. The minimum atomic E-state index is -0.466. The Hall–Kier alpha value is -2.89. The van der Waals surface area contributed by atoms with Gasteiger partial charge in [0.2, 0.25) is 0 Å². The molecule has 0 aliphatic rings. The van der Waals surface area contributed by atoms with Crippen LogP contribution in [0, 0.1) is 0 Å². The number of rotatable bonds is 6. The fourth-order valence-electron chi connectivity index (χ4n) is 1.72.